The predicted octanol–water partition coefficient (Wildman–Crippen LogP) is 4.91. The monoisotopic (exact) mass is 375 g/mol. The van der Waals surface area contributed by atoms with E-state index in [1.807, 2.05) is 6.07 Å². The number of halogens is 2. The highest BCUT2D eigenvalue weighted by Gasteiger charge is 2.15. The molecule has 0 fully saturated rings. The average molecular weight is 375 g/mol. The zero-order valence-electron chi connectivity index (χ0n) is 13.9. The fraction of sp³-hybridized carbons (Fsp3) is 0.158. The Bertz CT molecular complexity index is 927. The van der Waals surface area contributed by atoms with E-state index >= 15 is 0 Å². The zero-order chi connectivity index (χ0) is 18.5. The van der Waals surface area contributed by atoms with Gasteiger partial charge in [0, 0.05) is 22.3 Å². The van der Waals surface area contributed by atoms with Crippen LogP contribution in [0.15, 0.2) is 57.9 Å². The van der Waals surface area contributed by atoms with Crippen LogP contribution in [0.2, 0.25) is 0 Å². The summed E-state index contributed by atoms with van der Waals surface area (Å²) in [6.07, 6.45) is 0. The second kappa shape index (κ2) is 8.14. The Morgan fingerprint density at radius 3 is 2.77 bits per heavy atom. The van der Waals surface area contributed by atoms with Gasteiger partial charge >= 0.3 is 5.97 Å². The van der Waals surface area contributed by atoms with Gasteiger partial charge in [-0.05, 0) is 25.1 Å². The molecule has 0 saturated carbocycles. The Morgan fingerprint density at radius 1 is 1.19 bits per heavy atom. The van der Waals surface area contributed by atoms with Crippen molar-refractivity contribution in [2.75, 3.05) is 0 Å². The summed E-state index contributed by atoms with van der Waals surface area (Å²) in [4.78, 5) is 13.1. The quantitative estimate of drug-likeness (QED) is 0.453. The van der Waals surface area contributed by atoms with E-state index in [4.69, 9.17) is 9.26 Å². The fourth-order valence-corrected chi connectivity index (χ4v) is 3.20. The van der Waals surface area contributed by atoms with Gasteiger partial charge in [0.05, 0.1) is 11.3 Å². The number of nitrogens with zero attached hydrogens (tertiary/aromatic N) is 1. The molecule has 0 aliphatic carbocycles. The molecule has 1 aromatic heterocycles. The Labute approximate surface area is 153 Å². The molecule has 2 aromatic carbocycles. The summed E-state index contributed by atoms with van der Waals surface area (Å²) in [7, 11) is 0. The van der Waals surface area contributed by atoms with E-state index in [0.717, 1.165) is 11.8 Å². The standard InChI is InChI=1S/C19H15F2NO3S/c1-12-9-14(22-25-12)11-26-17-8-3-2-6-15(17)19(23)24-10-13-5-4-7-16(20)18(13)21/h2-9H,10-11H2,1H3. The molecule has 3 rings (SSSR count). The minimum atomic E-state index is -1.01. The maximum Gasteiger partial charge on any atom is 0.339 e. The van der Waals surface area contributed by atoms with Crippen molar-refractivity contribution in [2.24, 2.45) is 0 Å². The highest BCUT2D eigenvalue weighted by Crippen LogP contribution is 2.27. The van der Waals surface area contributed by atoms with Crippen LogP contribution >= 0.6 is 11.8 Å². The van der Waals surface area contributed by atoms with Gasteiger partial charge in [0.2, 0.25) is 0 Å². The maximum absolute atomic E-state index is 13.7. The van der Waals surface area contributed by atoms with Crippen molar-refractivity contribution in [1.29, 1.82) is 0 Å². The van der Waals surface area contributed by atoms with E-state index in [0.29, 0.717) is 22.0 Å². The molecule has 4 nitrogen and oxygen atoms in total. The minimum absolute atomic E-state index is 0.0124. The van der Waals surface area contributed by atoms with Gasteiger partial charge in [-0.3, -0.25) is 0 Å². The highest BCUT2D eigenvalue weighted by molar-refractivity contribution is 7.98. The van der Waals surface area contributed by atoms with Crippen LogP contribution in [-0.2, 0) is 17.1 Å². The molecule has 134 valence electrons. The first-order valence-electron chi connectivity index (χ1n) is 7.78. The van der Waals surface area contributed by atoms with E-state index < -0.39 is 17.6 Å². The lowest BCUT2D eigenvalue weighted by Gasteiger charge is -2.09. The normalized spacial score (nSPS) is 10.7. The first kappa shape index (κ1) is 18.1. The zero-order valence-corrected chi connectivity index (χ0v) is 14.7. The summed E-state index contributed by atoms with van der Waals surface area (Å²) < 4.78 is 37.1. The minimum Gasteiger partial charge on any atom is -0.457 e. The number of carbonyl (C=O) groups is 1. The lowest BCUT2D eigenvalue weighted by atomic mass is 10.2. The molecule has 1 heterocycles. The molecule has 7 heteroatoms. The van der Waals surface area contributed by atoms with Gasteiger partial charge in [-0.15, -0.1) is 11.8 Å². The second-order valence-corrected chi connectivity index (χ2v) is 6.52. The third-order valence-electron chi connectivity index (χ3n) is 3.55. The number of carbonyl (C=O) groups excluding carboxylic acids is 1. The van der Waals surface area contributed by atoms with Gasteiger partial charge in [0.15, 0.2) is 11.6 Å². The number of rotatable bonds is 6. The van der Waals surface area contributed by atoms with Crippen LogP contribution in [0, 0.1) is 18.6 Å². The van der Waals surface area contributed by atoms with Gasteiger partial charge in [0.25, 0.3) is 0 Å². The number of benzene rings is 2. The van der Waals surface area contributed by atoms with Crippen LogP contribution in [0.3, 0.4) is 0 Å². The summed E-state index contributed by atoms with van der Waals surface area (Å²) in [6.45, 7) is 1.46. The number of hydrogen-bond donors (Lipinski definition) is 0. The van der Waals surface area contributed by atoms with Gasteiger partial charge in [0.1, 0.15) is 12.4 Å². The second-order valence-electron chi connectivity index (χ2n) is 5.50. The molecular weight excluding hydrogens is 360 g/mol. The summed E-state index contributed by atoms with van der Waals surface area (Å²) >= 11 is 1.41. The Balaban J connectivity index is 1.68. The first-order valence-corrected chi connectivity index (χ1v) is 8.77. The van der Waals surface area contributed by atoms with E-state index in [1.165, 1.54) is 23.9 Å². The maximum atomic E-state index is 13.7. The van der Waals surface area contributed by atoms with Gasteiger partial charge in [-0.25, -0.2) is 13.6 Å². The largest absolute Gasteiger partial charge is 0.457 e. The molecule has 26 heavy (non-hydrogen) atoms. The Kier molecular flexibility index (Phi) is 5.68. The lowest BCUT2D eigenvalue weighted by molar-refractivity contribution is 0.0464. The molecule has 3 aromatic rings. The summed E-state index contributed by atoms with van der Waals surface area (Å²) in [5.74, 6) is -1.35. The Hall–Kier alpha value is -2.67. The predicted molar refractivity (Wildman–Crippen MR) is 92.7 cm³/mol. The highest BCUT2D eigenvalue weighted by atomic mass is 32.2. The SMILES string of the molecule is Cc1cc(CSc2ccccc2C(=O)OCc2cccc(F)c2F)no1. The summed E-state index contributed by atoms with van der Waals surface area (Å²) in [5.41, 5.74) is 1.11. The van der Waals surface area contributed by atoms with E-state index in [9.17, 15) is 13.6 Å². The third-order valence-corrected chi connectivity index (χ3v) is 4.66. The third kappa shape index (κ3) is 4.29. The number of aromatic nitrogens is 1. The lowest BCUT2D eigenvalue weighted by Crippen LogP contribution is -2.08. The van der Waals surface area contributed by atoms with Crippen molar-refractivity contribution in [2.45, 2.75) is 24.2 Å². The van der Waals surface area contributed by atoms with Crippen LogP contribution in [0.25, 0.3) is 0 Å². The van der Waals surface area contributed by atoms with Crippen molar-refractivity contribution in [3.8, 4) is 0 Å². The van der Waals surface area contributed by atoms with Crippen molar-refractivity contribution in [1.82, 2.24) is 5.16 Å². The molecule has 0 radical (unpaired) electrons. The Morgan fingerprint density at radius 2 is 2.00 bits per heavy atom. The molecule has 0 spiro atoms. The van der Waals surface area contributed by atoms with Crippen LogP contribution in [-0.4, -0.2) is 11.1 Å². The van der Waals surface area contributed by atoms with Crippen molar-refractivity contribution < 1.29 is 22.8 Å². The molecule has 0 N–H and O–H groups in total. The number of hydrogen-bond acceptors (Lipinski definition) is 5. The smallest absolute Gasteiger partial charge is 0.339 e. The van der Waals surface area contributed by atoms with Crippen molar-refractivity contribution in [3.63, 3.8) is 0 Å². The average Bonchev–Trinajstić information content (AvgIpc) is 3.06. The van der Waals surface area contributed by atoms with E-state index in [1.54, 1.807) is 31.2 Å². The molecule has 0 atom stereocenters. The summed E-state index contributed by atoms with van der Waals surface area (Å²) in [6, 6.07) is 12.5. The van der Waals surface area contributed by atoms with Crippen LogP contribution in [0.1, 0.15) is 27.4 Å². The molecule has 0 aliphatic rings. The van der Waals surface area contributed by atoms with Gasteiger partial charge < -0.3 is 9.26 Å². The van der Waals surface area contributed by atoms with Gasteiger partial charge in [-0.1, -0.05) is 29.4 Å². The molecule has 0 bridgehead atoms. The van der Waals surface area contributed by atoms with Crippen LogP contribution in [0.5, 0.6) is 0 Å². The summed E-state index contributed by atoms with van der Waals surface area (Å²) in [5, 5.41) is 3.91. The van der Waals surface area contributed by atoms with Crippen molar-refractivity contribution in [3.05, 3.63) is 82.7 Å². The van der Waals surface area contributed by atoms with E-state index in [-0.39, 0.29) is 12.2 Å². The number of aryl methyl sites for hydroxylation is 1. The molecule has 0 amide bonds. The molecular formula is C19H15F2NO3S. The first-order chi connectivity index (χ1) is 12.5. The topological polar surface area (TPSA) is 52.3 Å². The van der Waals surface area contributed by atoms with Crippen LogP contribution in [0.4, 0.5) is 8.78 Å². The molecule has 0 unspecified atom stereocenters. The fourth-order valence-electron chi connectivity index (χ4n) is 2.28. The van der Waals surface area contributed by atoms with Gasteiger partial charge in [-0.2, -0.15) is 0 Å². The van der Waals surface area contributed by atoms with Crippen molar-refractivity contribution >= 4 is 17.7 Å². The van der Waals surface area contributed by atoms with Crippen LogP contribution < -0.4 is 0 Å². The number of ether oxygens (including phenoxy) is 1. The number of thioether (sulfide) groups is 1. The van der Waals surface area contributed by atoms with E-state index in [2.05, 4.69) is 5.16 Å². The number of esters is 1. The molecule has 0 aliphatic heterocycles. The molecule has 0 saturated heterocycles.